The molecule has 0 fully saturated rings. The molecule has 54 valence electrons. The molecule has 0 aliphatic rings. The third kappa shape index (κ3) is 4.39. The number of aliphatic hydroxyl groups excluding tert-OH is 1. The van der Waals surface area contributed by atoms with Crippen LogP contribution in [0.2, 0.25) is 0 Å². The van der Waals surface area contributed by atoms with Gasteiger partial charge in [0.25, 0.3) is 5.88 Å². The summed E-state index contributed by atoms with van der Waals surface area (Å²) in [6, 6.07) is 0. The Morgan fingerprint density at radius 2 is 2.30 bits per heavy atom. The number of carboxylic acid groups (broad SMARTS) is 1. The molecular formula is C4H6N3O3+. The summed E-state index contributed by atoms with van der Waals surface area (Å²) in [7, 11) is 0. The van der Waals surface area contributed by atoms with Crippen molar-refractivity contribution < 1.29 is 15.0 Å². The van der Waals surface area contributed by atoms with E-state index in [1.54, 1.807) is 0 Å². The maximum absolute atomic E-state index is 9.81. The Balaban J connectivity index is 3.62. The van der Waals surface area contributed by atoms with Crippen LogP contribution in [-0.2, 0) is 4.79 Å². The van der Waals surface area contributed by atoms with E-state index in [1.165, 1.54) is 0 Å². The zero-order chi connectivity index (χ0) is 7.98. The standard InChI is InChI=1S/C4H5N3O3/c5-7-1-3(8)6-2-4(9)10/h1,6H,2H2,(H-,8,9,10)/p+1/b3-1-. The number of rotatable bonds is 3. The third-order valence-electron chi connectivity index (χ3n) is 0.601. The van der Waals surface area contributed by atoms with Crippen LogP contribution in [-0.4, -0.2) is 22.7 Å². The summed E-state index contributed by atoms with van der Waals surface area (Å²) in [5.74, 6) is -1.61. The number of diazo groups is 1. The molecule has 0 aliphatic heterocycles. The van der Waals surface area contributed by atoms with Crippen LogP contribution in [0.5, 0.6) is 0 Å². The SMILES string of the molecule is N#[N+]/C=C(\O)NCC(=O)O. The number of hydrogen-bond acceptors (Lipinski definition) is 4. The molecule has 0 radical (unpaired) electrons. The summed E-state index contributed by atoms with van der Waals surface area (Å²) in [4.78, 5) is 12.3. The van der Waals surface area contributed by atoms with Crippen LogP contribution in [0.25, 0.3) is 4.98 Å². The second-order valence-corrected chi connectivity index (χ2v) is 1.38. The first-order valence-electron chi connectivity index (χ1n) is 2.36. The van der Waals surface area contributed by atoms with Crippen molar-refractivity contribution in [3.8, 4) is 0 Å². The van der Waals surface area contributed by atoms with Crippen molar-refractivity contribution in [1.29, 1.82) is 5.39 Å². The maximum atomic E-state index is 9.81. The molecule has 0 bridgehead atoms. The molecule has 0 aromatic heterocycles. The minimum Gasteiger partial charge on any atom is -0.490 e. The molecule has 0 saturated heterocycles. The van der Waals surface area contributed by atoms with Crippen molar-refractivity contribution in [1.82, 2.24) is 5.32 Å². The van der Waals surface area contributed by atoms with Gasteiger partial charge in [0.2, 0.25) is 5.39 Å². The summed E-state index contributed by atoms with van der Waals surface area (Å²) in [6.45, 7) is -0.419. The molecule has 0 aromatic carbocycles. The van der Waals surface area contributed by atoms with Crippen molar-refractivity contribution in [3.05, 3.63) is 17.1 Å². The van der Waals surface area contributed by atoms with Gasteiger partial charge >= 0.3 is 12.2 Å². The first-order chi connectivity index (χ1) is 4.66. The van der Waals surface area contributed by atoms with E-state index in [1.807, 2.05) is 5.32 Å². The van der Waals surface area contributed by atoms with Gasteiger partial charge in [0.15, 0.2) is 4.98 Å². The Kier molecular flexibility index (Phi) is 3.41. The van der Waals surface area contributed by atoms with Crippen LogP contribution in [0.1, 0.15) is 0 Å². The monoisotopic (exact) mass is 144 g/mol. The van der Waals surface area contributed by atoms with E-state index in [0.717, 1.165) is 0 Å². The number of nitrogens with one attached hydrogen (secondary N) is 1. The van der Waals surface area contributed by atoms with Crippen molar-refractivity contribution >= 4 is 5.97 Å². The number of hydrogen-bond donors (Lipinski definition) is 3. The molecule has 6 nitrogen and oxygen atoms in total. The molecule has 0 rings (SSSR count). The lowest BCUT2D eigenvalue weighted by molar-refractivity contribution is -0.135. The second-order valence-electron chi connectivity index (χ2n) is 1.38. The van der Waals surface area contributed by atoms with Gasteiger partial charge in [-0.15, -0.1) is 0 Å². The Hall–Kier alpha value is -1.77. The van der Waals surface area contributed by atoms with Gasteiger partial charge in [0.05, 0.1) is 0 Å². The summed E-state index contributed by atoms with van der Waals surface area (Å²) >= 11 is 0. The highest BCUT2D eigenvalue weighted by Gasteiger charge is 2.00. The second kappa shape index (κ2) is 4.14. The molecule has 6 heteroatoms. The van der Waals surface area contributed by atoms with Crippen molar-refractivity contribution in [3.63, 3.8) is 0 Å². The maximum Gasteiger partial charge on any atom is 0.409 e. The van der Waals surface area contributed by atoms with Crippen LogP contribution in [0.4, 0.5) is 0 Å². The fourth-order valence-electron chi connectivity index (χ4n) is 0.267. The van der Waals surface area contributed by atoms with Crippen LogP contribution in [0.15, 0.2) is 12.1 Å². The van der Waals surface area contributed by atoms with Crippen molar-refractivity contribution in [2.45, 2.75) is 0 Å². The highest BCUT2D eigenvalue weighted by atomic mass is 16.4. The Morgan fingerprint density at radius 3 is 2.70 bits per heavy atom. The van der Waals surface area contributed by atoms with E-state index < -0.39 is 18.4 Å². The lowest BCUT2D eigenvalue weighted by atomic mass is 10.6. The van der Waals surface area contributed by atoms with Gasteiger partial charge < -0.3 is 15.5 Å². The average molecular weight is 144 g/mol. The molecular weight excluding hydrogens is 138 g/mol. The zero-order valence-electron chi connectivity index (χ0n) is 4.98. The molecule has 0 unspecified atom stereocenters. The summed E-state index contributed by atoms with van der Waals surface area (Å²) < 4.78 is 0. The number of aliphatic hydroxyl groups is 1. The van der Waals surface area contributed by atoms with Crippen LogP contribution >= 0.6 is 0 Å². The highest BCUT2D eigenvalue weighted by molar-refractivity contribution is 5.69. The summed E-state index contributed by atoms with van der Waals surface area (Å²) in [5.41, 5.74) is 0. The Morgan fingerprint density at radius 1 is 1.70 bits per heavy atom. The van der Waals surface area contributed by atoms with Gasteiger partial charge in [-0.2, -0.15) is 0 Å². The Labute approximate surface area is 56.4 Å². The van der Waals surface area contributed by atoms with Crippen molar-refractivity contribution in [2.24, 2.45) is 0 Å². The van der Waals surface area contributed by atoms with Gasteiger partial charge in [0, 0.05) is 0 Å². The van der Waals surface area contributed by atoms with Gasteiger partial charge in [0.1, 0.15) is 6.54 Å². The zero-order valence-corrected chi connectivity index (χ0v) is 4.98. The third-order valence-corrected chi connectivity index (χ3v) is 0.601. The number of carboxylic acids is 1. The molecule has 0 saturated carbocycles. The van der Waals surface area contributed by atoms with Crippen LogP contribution in [0, 0.1) is 5.39 Å². The van der Waals surface area contributed by atoms with Gasteiger partial charge in [-0.1, -0.05) is 0 Å². The molecule has 0 spiro atoms. The largest absolute Gasteiger partial charge is 0.490 e. The van der Waals surface area contributed by atoms with Gasteiger partial charge in [-0.25, -0.2) is 0 Å². The summed E-state index contributed by atoms with van der Waals surface area (Å²) in [5, 5.41) is 26.4. The molecule has 0 amide bonds. The molecule has 10 heavy (non-hydrogen) atoms. The van der Waals surface area contributed by atoms with E-state index in [4.69, 9.17) is 15.6 Å². The fourth-order valence-corrected chi connectivity index (χ4v) is 0.267. The summed E-state index contributed by atoms with van der Waals surface area (Å²) in [6.07, 6.45) is 0.683. The van der Waals surface area contributed by atoms with Gasteiger partial charge in [-0.05, 0) is 0 Å². The smallest absolute Gasteiger partial charge is 0.409 e. The van der Waals surface area contributed by atoms with Gasteiger partial charge in [-0.3, -0.25) is 4.79 Å². The lowest BCUT2D eigenvalue weighted by Crippen LogP contribution is -2.21. The highest BCUT2D eigenvalue weighted by Crippen LogP contribution is 1.80. The fraction of sp³-hybridized carbons (Fsp3) is 0.250. The minimum absolute atomic E-state index is 0.419. The minimum atomic E-state index is -1.11. The number of nitrogens with zero attached hydrogens (tertiary/aromatic N) is 2. The van der Waals surface area contributed by atoms with E-state index in [0.29, 0.717) is 6.20 Å². The predicted molar refractivity (Wildman–Crippen MR) is 31.4 cm³/mol. The van der Waals surface area contributed by atoms with E-state index in [9.17, 15) is 4.79 Å². The number of aliphatic carboxylic acids is 1. The molecule has 0 aliphatic carbocycles. The first-order valence-corrected chi connectivity index (χ1v) is 2.36. The van der Waals surface area contributed by atoms with Crippen molar-refractivity contribution in [2.75, 3.05) is 6.54 Å². The van der Waals surface area contributed by atoms with E-state index >= 15 is 0 Å². The normalized spacial score (nSPS) is 10.1. The predicted octanol–water partition coefficient (Wildman–Crippen LogP) is -0.129. The average Bonchev–Trinajstić information content (AvgIpc) is 1.85. The first kappa shape index (κ1) is 8.23. The Bertz CT molecular complexity index is 192. The lowest BCUT2D eigenvalue weighted by Gasteiger charge is -1.93. The van der Waals surface area contributed by atoms with Crippen LogP contribution < -0.4 is 5.32 Å². The molecule has 0 heterocycles. The quantitative estimate of drug-likeness (QED) is 0.378. The van der Waals surface area contributed by atoms with E-state index in [-0.39, 0.29) is 0 Å². The van der Waals surface area contributed by atoms with Crippen LogP contribution in [0.3, 0.4) is 0 Å². The number of carbonyl (C=O) groups is 1. The molecule has 3 N–H and O–H groups in total. The molecule has 0 atom stereocenters. The molecule has 0 aromatic rings. The van der Waals surface area contributed by atoms with E-state index in [2.05, 4.69) is 4.98 Å². The topological polar surface area (TPSA) is 97.7 Å².